The lowest BCUT2D eigenvalue weighted by Gasteiger charge is -2.32. The first kappa shape index (κ1) is 25.7. The Balaban J connectivity index is 2.65. The van der Waals surface area contributed by atoms with Crippen LogP contribution in [-0.4, -0.2) is 0 Å². The fourth-order valence-corrected chi connectivity index (χ4v) is 3.55. The van der Waals surface area contributed by atoms with Gasteiger partial charge >= 0.3 is 0 Å². The van der Waals surface area contributed by atoms with Crippen LogP contribution in [0.15, 0.2) is 106 Å². The number of rotatable bonds is 8. The summed E-state index contributed by atoms with van der Waals surface area (Å²) in [7, 11) is 0. The van der Waals surface area contributed by atoms with Gasteiger partial charge in [0, 0.05) is 0 Å². The molecular formula is C30H42. The molecule has 0 heteroatoms. The molecule has 162 valence electrons. The SMILES string of the molecule is CC(C)=C/C=C/C(C)=C/C=C/C=C(C)/C=C/C=C(C)/C=C/C1=C(C)CCCC1(C)C. The second kappa shape index (κ2) is 13.1. The van der Waals surface area contributed by atoms with Crippen molar-refractivity contribution in [3.05, 3.63) is 106 Å². The summed E-state index contributed by atoms with van der Waals surface area (Å²) in [6, 6.07) is 0. The molecule has 1 aliphatic rings. The van der Waals surface area contributed by atoms with Gasteiger partial charge in [-0.2, -0.15) is 0 Å². The van der Waals surface area contributed by atoms with Crippen molar-refractivity contribution >= 4 is 0 Å². The Morgan fingerprint density at radius 1 is 0.700 bits per heavy atom. The van der Waals surface area contributed by atoms with E-state index in [0.717, 1.165) is 0 Å². The van der Waals surface area contributed by atoms with E-state index in [1.807, 2.05) is 0 Å². The number of hydrogen-bond acceptors (Lipinski definition) is 0. The van der Waals surface area contributed by atoms with Crippen LogP contribution in [0.5, 0.6) is 0 Å². The van der Waals surface area contributed by atoms with Gasteiger partial charge in [-0.15, -0.1) is 0 Å². The zero-order chi connectivity index (χ0) is 22.6. The number of allylic oxidation sites excluding steroid dienone is 18. The van der Waals surface area contributed by atoms with E-state index < -0.39 is 0 Å². The van der Waals surface area contributed by atoms with Gasteiger partial charge in [0.15, 0.2) is 0 Å². The van der Waals surface area contributed by atoms with Crippen LogP contribution in [0.3, 0.4) is 0 Å². The van der Waals surface area contributed by atoms with E-state index in [9.17, 15) is 0 Å². The molecule has 0 radical (unpaired) electrons. The summed E-state index contributed by atoms with van der Waals surface area (Å²) in [5, 5.41) is 0. The lowest BCUT2D eigenvalue weighted by molar-refractivity contribution is 0.377. The topological polar surface area (TPSA) is 0 Å². The second-order valence-corrected chi connectivity index (χ2v) is 9.34. The van der Waals surface area contributed by atoms with Crippen molar-refractivity contribution in [2.75, 3.05) is 0 Å². The van der Waals surface area contributed by atoms with Crippen molar-refractivity contribution < 1.29 is 0 Å². The van der Waals surface area contributed by atoms with Crippen LogP contribution in [0.1, 0.15) is 74.7 Å². The summed E-state index contributed by atoms with van der Waals surface area (Å²) in [6.07, 6.45) is 29.7. The van der Waals surface area contributed by atoms with E-state index in [1.54, 1.807) is 5.57 Å². The molecule has 1 rings (SSSR count). The molecule has 0 aliphatic heterocycles. The monoisotopic (exact) mass is 402 g/mol. The van der Waals surface area contributed by atoms with Gasteiger partial charge in [0.2, 0.25) is 0 Å². The van der Waals surface area contributed by atoms with Crippen LogP contribution >= 0.6 is 0 Å². The highest BCUT2D eigenvalue weighted by Gasteiger charge is 2.26. The first-order valence-electron chi connectivity index (χ1n) is 11.2. The normalized spacial score (nSPS) is 19.1. The Morgan fingerprint density at radius 2 is 1.20 bits per heavy atom. The van der Waals surface area contributed by atoms with E-state index in [-0.39, 0.29) is 0 Å². The summed E-state index contributed by atoms with van der Waals surface area (Å²) in [6.45, 7) is 17.6. The molecule has 0 saturated heterocycles. The summed E-state index contributed by atoms with van der Waals surface area (Å²) in [5.41, 5.74) is 8.43. The highest BCUT2D eigenvalue weighted by molar-refractivity contribution is 5.37. The van der Waals surface area contributed by atoms with E-state index in [1.165, 1.54) is 47.1 Å². The molecule has 1 aliphatic carbocycles. The van der Waals surface area contributed by atoms with Crippen molar-refractivity contribution in [1.82, 2.24) is 0 Å². The molecule has 0 bridgehead atoms. The van der Waals surface area contributed by atoms with Crippen molar-refractivity contribution in [1.29, 1.82) is 0 Å². The summed E-state index contributed by atoms with van der Waals surface area (Å²) in [4.78, 5) is 0. The van der Waals surface area contributed by atoms with Gasteiger partial charge in [0.1, 0.15) is 0 Å². The average molecular weight is 403 g/mol. The Hall–Kier alpha value is -2.34. The molecule has 0 fully saturated rings. The fraction of sp³-hybridized carbons (Fsp3) is 0.400. The van der Waals surface area contributed by atoms with Crippen molar-refractivity contribution in [2.45, 2.75) is 74.7 Å². The predicted molar refractivity (Wildman–Crippen MR) is 138 cm³/mol. The highest BCUT2D eigenvalue weighted by atomic mass is 14.3. The molecule has 0 atom stereocenters. The molecule has 0 saturated carbocycles. The van der Waals surface area contributed by atoms with E-state index in [4.69, 9.17) is 0 Å². The minimum Gasteiger partial charge on any atom is -0.0764 e. The van der Waals surface area contributed by atoms with Gasteiger partial charge < -0.3 is 0 Å². The van der Waals surface area contributed by atoms with Gasteiger partial charge in [-0.3, -0.25) is 0 Å². The molecule has 0 aromatic carbocycles. The van der Waals surface area contributed by atoms with E-state index >= 15 is 0 Å². The van der Waals surface area contributed by atoms with Gasteiger partial charge in [-0.25, -0.2) is 0 Å². The van der Waals surface area contributed by atoms with E-state index in [0.29, 0.717) is 5.41 Å². The van der Waals surface area contributed by atoms with Gasteiger partial charge in [-0.1, -0.05) is 115 Å². The highest BCUT2D eigenvalue weighted by Crippen LogP contribution is 2.40. The van der Waals surface area contributed by atoms with Crippen LogP contribution in [-0.2, 0) is 0 Å². The molecule has 0 unspecified atom stereocenters. The smallest absolute Gasteiger partial charge is 0.0104 e. The van der Waals surface area contributed by atoms with Crippen LogP contribution < -0.4 is 0 Å². The zero-order valence-corrected chi connectivity index (χ0v) is 20.5. The van der Waals surface area contributed by atoms with Crippen LogP contribution in [0, 0.1) is 5.41 Å². The van der Waals surface area contributed by atoms with Crippen molar-refractivity contribution in [2.24, 2.45) is 5.41 Å². The summed E-state index contributed by atoms with van der Waals surface area (Å²) >= 11 is 0. The minimum absolute atomic E-state index is 0.300. The first-order valence-corrected chi connectivity index (χ1v) is 11.2. The van der Waals surface area contributed by atoms with Crippen LogP contribution in [0.25, 0.3) is 0 Å². The Morgan fingerprint density at radius 3 is 1.73 bits per heavy atom. The lowest BCUT2D eigenvalue weighted by Crippen LogP contribution is -2.19. The quantitative estimate of drug-likeness (QED) is 0.354. The average Bonchev–Trinajstić information content (AvgIpc) is 2.64. The van der Waals surface area contributed by atoms with Gasteiger partial charge in [-0.05, 0) is 71.8 Å². The van der Waals surface area contributed by atoms with Crippen LogP contribution in [0.2, 0.25) is 0 Å². The minimum atomic E-state index is 0.300. The molecule has 0 aromatic heterocycles. The molecule has 0 spiro atoms. The Labute approximate surface area is 186 Å². The molecule has 0 heterocycles. The molecule has 0 amide bonds. The predicted octanol–water partition coefficient (Wildman–Crippen LogP) is 9.54. The maximum Gasteiger partial charge on any atom is -0.0104 e. The molecular weight excluding hydrogens is 360 g/mol. The lowest BCUT2D eigenvalue weighted by atomic mass is 9.72. The fourth-order valence-electron chi connectivity index (χ4n) is 3.55. The molecule has 30 heavy (non-hydrogen) atoms. The zero-order valence-electron chi connectivity index (χ0n) is 20.5. The molecule has 0 N–H and O–H groups in total. The van der Waals surface area contributed by atoms with Gasteiger partial charge in [0.05, 0.1) is 0 Å². The first-order chi connectivity index (χ1) is 14.1. The third-order valence-electron chi connectivity index (χ3n) is 5.39. The van der Waals surface area contributed by atoms with Crippen molar-refractivity contribution in [3.8, 4) is 0 Å². The van der Waals surface area contributed by atoms with Crippen molar-refractivity contribution in [3.63, 3.8) is 0 Å². The maximum atomic E-state index is 2.37. The third-order valence-corrected chi connectivity index (χ3v) is 5.39. The van der Waals surface area contributed by atoms with Gasteiger partial charge in [0.25, 0.3) is 0 Å². The second-order valence-electron chi connectivity index (χ2n) is 9.34. The number of hydrogen-bond donors (Lipinski definition) is 0. The Kier molecular flexibility index (Phi) is 11.2. The Bertz CT molecular complexity index is 832. The maximum absolute atomic E-state index is 2.37. The molecule has 0 aromatic rings. The summed E-state index contributed by atoms with van der Waals surface area (Å²) in [5.74, 6) is 0. The standard InChI is InChI=1S/C30H42/c1-24(2)14-11-17-25(3)15-9-10-16-26(4)18-12-19-27(5)21-22-29-28(6)20-13-23-30(29,7)8/h9-12,14-19,21-22H,13,20,23H2,1-8H3/b10-9+,17-11+,18-12+,22-21+,25-15+,26-16+,27-19+. The van der Waals surface area contributed by atoms with E-state index in [2.05, 4.69) is 128 Å². The summed E-state index contributed by atoms with van der Waals surface area (Å²) < 4.78 is 0. The largest absolute Gasteiger partial charge is 0.0764 e. The molecule has 0 nitrogen and oxygen atoms in total. The third kappa shape index (κ3) is 10.4. The van der Waals surface area contributed by atoms with Crippen LogP contribution in [0.4, 0.5) is 0 Å².